The minimum atomic E-state index is -2.18. The van der Waals surface area contributed by atoms with Crippen LogP contribution in [0.25, 0.3) is 0 Å². The summed E-state index contributed by atoms with van der Waals surface area (Å²) in [6.45, 7) is 0. The quantitative estimate of drug-likeness (QED) is 0.195. The van der Waals surface area contributed by atoms with Gasteiger partial charge in [0.15, 0.2) is 21.2 Å². The molecule has 0 aromatic heterocycles. The first-order valence-electron chi connectivity index (χ1n) is 14.8. The summed E-state index contributed by atoms with van der Waals surface area (Å²) in [4.78, 5) is 65.5. The Morgan fingerprint density at radius 3 is 2.21 bits per heavy atom. The summed E-state index contributed by atoms with van der Waals surface area (Å²) in [5.74, 6) is -9.89. The number of carboxylic acids is 1. The first-order valence-corrected chi connectivity index (χ1v) is 15.5. The molecule has 11 nitrogen and oxygen atoms in total. The average molecular weight is 695 g/mol. The van der Waals surface area contributed by atoms with Crippen LogP contribution in [0.2, 0.25) is 0 Å². The van der Waals surface area contributed by atoms with Gasteiger partial charge < -0.3 is 20.1 Å². The molecule has 3 aromatic carbocycles. The Balaban J connectivity index is 1.38. The second kappa shape index (κ2) is 10.8. The molecule has 0 spiro atoms. The lowest BCUT2D eigenvalue weighted by Gasteiger charge is -2.50. The van der Waals surface area contributed by atoms with Crippen molar-refractivity contribution in [1.82, 2.24) is 0 Å². The van der Waals surface area contributed by atoms with Gasteiger partial charge in [-0.05, 0) is 72.9 Å². The van der Waals surface area contributed by atoms with Crippen LogP contribution in [0.4, 0.5) is 15.8 Å². The van der Waals surface area contributed by atoms with Gasteiger partial charge in [0.25, 0.3) is 11.8 Å². The Bertz CT molecular complexity index is 2000. The number of fused-ring (bicyclic) bond motifs is 4. The number of anilines is 2. The fourth-order valence-electron chi connectivity index (χ4n) is 7.74. The number of allylic oxidation sites excluding steroid dienone is 2. The number of benzene rings is 3. The number of hydrogen-bond donors (Lipinski definition) is 3. The number of phenols is 2. The maximum atomic E-state index is 14.4. The summed E-state index contributed by atoms with van der Waals surface area (Å²) < 4.78 is 19.2. The van der Waals surface area contributed by atoms with Crippen LogP contribution >= 0.6 is 23.2 Å². The fraction of sp³-hybridized carbons (Fsp3) is 0.265. The maximum absolute atomic E-state index is 14.4. The number of rotatable bonds is 5. The van der Waals surface area contributed by atoms with Crippen molar-refractivity contribution < 1.29 is 48.4 Å². The molecule has 1 saturated carbocycles. The number of ether oxygens (including phenoxy) is 1. The van der Waals surface area contributed by atoms with E-state index < -0.39 is 80.1 Å². The number of nitrogens with zero attached hydrogens (tertiary/aromatic N) is 2. The van der Waals surface area contributed by atoms with Gasteiger partial charge in [-0.3, -0.25) is 19.2 Å². The SMILES string of the molecule is COc1cc([C@H]2C3=CC[C@@H]4C(=O)N(c5ccc(C(=O)O)c(O)c5)C(=O)[C@@H]4[C@@H]3C[C@@]3(Cl)C(=O)N(c4ccc(F)cc4)C(=O)[C@@]23Cl)ccc1O. The Morgan fingerprint density at radius 1 is 0.875 bits per heavy atom. The average Bonchev–Trinajstić information content (AvgIpc) is 3.39. The van der Waals surface area contributed by atoms with Gasteiger partial charge >= 0.3 is 5.97 Å². The van der Waals surface area contributed by atoms with Gasteiger partial charge in [-0.1, -0.05) is 17.7 Å². The highest BCUT2D eigenvalue weighted by molar-refractivity contribution is 6.58. The number of carboxylic acid groups (broad SMARTS) is 1. The van der Waals surface area contributed by atoms with Crippen LogP contribution in [0, 0.1) is 23.6 Å². The van der Waals surface area contributed by atoms with E-state index in [0.29, 0.717) is 11.1 Å². The van der Waals surface area contributed by atoms with Gasteiger partial charge in [-0.15, -0.1) is 23.2 Å². The number of imide groups is 2. The molecule has 2 heterocycles. The number of aromatic hydroxyl groups is 2. The van der Waals surface area contributed by atoms with Crippen molar-refractivity contribution in [3.63, 3.8) is 0 Å². The number of phenolic OH excluding ortho intramolecular Hbond substituents is 1. The number of halogens is 3. The summed E-state index contributed by atoms with van der Waals surface area (Å²) >= 11 is 14.7. The monoisotopic (exact) mass is 694 g/mol. The van der Waals surface area contributed by atoms with Crippen LogP contribution in [0.15, 0.2) is 72.3 Å². The van der Waals surface area contributed by atoms with Gasteiger partial charge in [0.1, 0.15) is 17.1 Å². The summed E-state index contributed by atoms with van der Waals surface area (Å²) in [6, 6.07) is 12.3. The number of alkyl halides is 2. The first-order chi connectivity index (χ1) is 22.7. The first kappa shape index (κ1) is 31.6. The zero-order valence-corrected chi connectivity index (χ0v) is 26.4. The number of carbonyl (C=O) groups excluding carboxylic acids is 4. The summed E-state index contributed by atoms with van der Waals surface area (Å²) in [5.41, 5.74) is 0.381. The van der Waals surface area contributed by atoms with E-state index in [2.05, 4.69) is 0 Å². The third kappa shape index (κ3) is 4.15. The topological polar surface area (TPSA) is 162 Å². The molecule has 7 rings (SSSR count). The molecular weight excluding hydrogens is 670 g/mol. The van der Waals surface area contributed by atoms with Gasteiger partial charge in [0.05, 0.1) is 30.3 Å². The molecular formula is C34H25Cl2FN2O9. The lowest BCUT2D eigenvalue weighted by molar-refractivity contribution is -0.125. The lowest BCUT2D eigenvalue weighted by Crippen LogP contribution is -2.60. The smallest absolute Gasteiger partial charge is 0.339 e. The van der Waals surface area contributed by atoms with Crippen molar-refractivity contribution in [1.29, 1.82) is 0 Å². The Labute approximate surface area is 281 Å². The molecule has 0 radical (unpaired) electrons. The van der Waals surface area contributed by atoms with Gasteiger partial charge in [-0.25, -0.2) is 19.0 Å². The van der Waals surface area contributed by atoms with E-state index in [9.17, 15) is 43.7 Å². The molecule has 2 saturated heterocycles. The molecule has 3 N–H and O–H groups in total. The van der Waals surface area contributed by atoms with Gasteiger partial charge in [0, 0.05) is 12.0 Å². The molecule has 0 bridgehead atoms. The highest BCUT2D eigenvalue weighted by Gasteiger charge is 2.76. The van der Waals surface area contributed by atoms with Crippen LogP contribution in [0.5, 0.6) is 17.2 Å². The van der Waals surface area contributed by atoms with Crippen LogP contribution in [-0.2, 0) is 19.2 Å². The molecule has 48 heavy (non-hydrogen) atoms. The third-order valence-electron chi connectivity index (χ3n) is 9.90. The summed E-state index contributed by atoms with van der Waals surface area (Å²) in [5, 5.41) is 30.0. The molecule has 4 amide bonds. The third-order valence-corrected chi connectivity index (χ3v) is 11.3. The lowest BCUT2D eigenvalue weighted by atomic mass is 9.56. The van der Waals surface area contributed by atoms with E-state index >= 15 is 0 Å². The highest BCUT2D eigenvalue weighted by atomic mass is 35.5. The number of amides is 4. The second-order valence-electron chi connectivity index (χ2n) is 12.2. The van der Waals surface area contributed by atoms with Crippen molar-refractivity contribution in [2.75, 3.05) is 16.9 Å². The largest absolute Gasteiger partial charge is 0.507 e. The van der Waals surface area contributed by atoms with E-state index in [-0.39, 0.29) is 35.7 Å². The van der Waals surface area contributed by atoms with Crippen molar-refractivity contribution in [3.05, 3.63) is 89.3 Å². The Hall–Kier alpha value is -4.94. The zero-order chi connectivity index (χ0) is 34.4. The van der Waals surface area contributed by atoms with Crippen LogP contribution < -0.4 is 14.5 Å². The van der Waals surface area contributed by atoms with Crippen LogP contribution in [0.3, 0.4) is 0 Å². The Kier molecular flexibility index (Phi) is 7.12. The maximum Gasteiger partial charge on any atom is 0.339 e. The molecule has 2 aliphatic heterocycles. The normalized spacial score (nSPS) is 29.4. The number of methoxy groups -OCH3 is 1. The molecule has 0 unspecified atom stereocenters. The van der Waals surface area contributed by atoms with E-state index in [0.717, 1.165) is 34.1 Å². The van der Waals surface area contributed by atoms with E-state index in [1.807, 2.05) is 0 Å². The second-order valence-corrected chi connectivity index (χ2v) is 13.4. The van der Waals surface area contributed by atoms with Crippen LogP contribution in [-0.4, -0.2) is 61.8 Å². The van der Waals surface area contributed by atoms with E-state index in [4.69, 9.17) is 27.9 Å². The highest BCUT2D eigenvalue weighted by Crippen LogP contribution is 2.66. The number of hydrogen-bond acceptors (Lipinski definition) is 8. The predicted octanol–water partition coefficient (Wildman–Crippen LogP) is 4.71. The number of aromatic carboxylic acids is 1. The number of carbonyl (C=O) groups is 5. The molecule has 2 aliphatic carbocycles. The van der Waals surface area contributed by atoms with Gasteiger partial charge in [0.2, 0.25) is 11.8 Å². The van der Waals surface area contributed by atoms with Crippen molar-refractivity contribution in [3.8, 4) is 17.2 Å². The molecule has 6 atom stereocenters. The van der Waals surface area contributed by atoms with Crippen molar-refractivity contribution in [2.45, 2.75) is 28.5 Å². The predicted molar refractivity (Wildman–Crippen MR) is 169 cm³/mol. The molecule has 4 aliphatic rings. The molecule has 14 heteroatoms. The van der Waals surface area contributed by atoms with E-state index in [1.54, 1.807) is 6.08 Å². The van der Waals surface area contributed by atoms with Crippen molar-refractivity contribution in [2.24, 2.45) is 17.8 Å². The van der Waals surface area contributed by atoms with Crippen LogP contribution in [0.1, 0.15) is 34.7 Å². The van der Waals surface area contributed by atoms with Gasteiger partial charge in [-0.2, -0.15) is 0 Å². The standard InChI is InChI=1S/C34H25Cl2FN2O9/c1-48-25-12-15(2-11-23(25)40)27-19-9-10-21-26(29(43)38(28(21)42)18-7-8-20(30(44)45)24(41)13-18)22(19)14-33(35)31(46)39(32(47)34(27,33)36)17-5-3-16(37)4-6-17/h2-9,11-13,21-22,26-27,40-41H,10,14H2,1H3,(H,44,45)/t21-,22+,26-,27-,33+,34-/m0/s1. The summed E-state index contributed by atoms with van der Waals surface area (Å²) in [6.07, 6.45) is 1.44. The minimum Gasteiger partial charge on any atom is -0.507 e. The fourth-order valence-corrected chi connectivity index (χ4v) is 8.68. The van der Waals surface area contributed by atoms with E-state index in [1.165, 1.54) is 43.5 Å². The molecule has 3 fully saturated rings. The summed E-state index contributed by atoms with van der Waals surface area (Å²) in [7, 11) is 1.33. The Morgan fingerprint density at radius 2 is 1.56 bits per heavy atom. The zero-order valence-electron chi connectivity index (χ0n) is 24.9. The minimum absolute atomic E-state index is 0.0284. The molecule has 3 aromatic rings. The van der Waals surface area contributed by atoms with Crippen molar-refractivity contribution >= 4 is 64.2 Å². The molecule has 246 valence electrons.